The van der Waals surface area contributed by atoms with Crippen LogP contribution in [0.25, 0.3) is 0 Å². The summed E-state index contributed by atoms with van der Waals surface area (Å²) in [6.07, 6.45) is 0.978. The Hall–Kier alpha value is -2.30. The SMILES string of the molecule is CCc1ccc(N(C)C(=O)c2c(N)c(C)nn2C)cc1. The van der Waals surface area contributed by atoms with Gasteiger partial charge in [-0.25, -0.2) is 0 Å². The van der Waals surface area contributed by atoms with Crippen LogP contribution < -0.4 is 10.6 Å². The molecule has 0 aliphatic carbocycles. The molecule has 1 amide bonds. The number of nitrogens with zero attached hydrogens (tertiary/aromatic N) is 3. The maximum atomic E-state index is 12.5. The predicted octanol–water partition coefficient (Wildman–Crippen LogP) is 2.15. The summed E-state index contributed by atoms with van der Waals surface area (Å²) in [7, 11) is 3.47. The molecule has 106 valence electrons. The van der Waals surface area contributed by atoms with Crippen molar-refractivity contribution >= 4 is 17.3 Å². The van der Waals surface area contributed by atoms with Crippen molar-refractivity contribution in [1.82, 2.24) is 9.78 Å². The molecule has 2 aromatic rings. The van der Waals surface area contributed by atoms with E-state index < -0.39 is 0 Å². The summed E-state index contributed by atoms with van der Waals surface area (Å²) in [5, 5.41) is 4.18. The first-order valence-electron chi connectivity index (χ1n) is 6.61. The van der Waals surface area contributed by atoms with Crippen LogP contribution in [0, 0.1) is 6.92 Å². The van der Waals surface area contributed by atoms with Crippen LogP contribution in [-0.4, -0.2) is 22.7 Å². The number of aryl methyl sites for hydroxylation is 3. The molecule has 2 N–H and O–H groups in total. The summed E-state index contributed by atoms with van der Waals surface area (Å²) in [4.78, 5) is 14.1. The first-order chi connectivity index (χ1) is 9.45. The lowest BCUT2D eigenvalue weighted by molar-refractivity contribution is 0.0985. The van der Waals surface area contributed by atoms with Crippen molar-refractivity contribution < 1.29 is 4.79 Å². The molecule has 5 heteroatoms. The highest BCUT2D eigenvalue weighted by atomic mass is 16.2. The molecule has 1 heterocycles. The molecule has 0 aliphatic heterocycles. The first kappa shape index (κ1) is 14.1. The molecule has 0 radical (unpaired) electrons. The van der Waals surface area contributed by atoms with Gasteiger partial charge in [-0.1, -0.05) is 19.1 Å². The van der Waals surface area contributed by atoms with Gasteiger partial charge in [-0.3, -0.25) is 9.48 Å². The van der Waals surface area contributed by atoms with Gasteiger partial charge in [0, 0.05) is 19.8 Å². The number of nitrogens with two attached hydrogens (primary N) is 1. The fraction of sp³-hybridized carbons (Fsp3) is 0.333. The highest BCUT2D eigenvalue weighted by Crippen LogP contribution is 2.21. The van der Waals surface area contributed by atoms with E-state index in [4.69, 9.17) is 5.73 Å². The first-order valence-corrected chi connectivity index (χ1v) is 6.61. The number of carbonyl (C=O) groups is 1. The summed E-state index contributed by atoms with van der Waals surface area (Å²) < 4.78 is 1.53. The molecule has 0 atom stereocenters. The summed E-state index contributed by atoms with van der Waals surface area (Å²) in [6, 6.07) is 7.93. The van der Waals surface area contributed by atoms with Gasteiger partial charge in [0.2, 0.25) is 0 Å². The minimum atomic E-state index is -0.158. The van der Waals surface area contributed by atoms with E-state index in [2.05, 4.69) is 12.0 Å². The minimum Gasteiger partial charge on any atom is -0.395 e. The lowest BCUT2D eigenvalue weighted by Crippen LogP contribution is -2.28. The fourth-order valence-electron chi connectivity index (χ4n) is 2.16. The van der Waals surface area contributed by atoms with Gasteiger partial charge in [-0.2, -0.15) is 5.10 Å². The van der Waals surface area contributed by atoms with Gasteiger partial charge in [0.05, 0.1) is 11.4 Å². The van der Waals surface area contributed by atoms with Crippen LogP contribution in [0.1, 0.15) is 28.7 Å². The molecular formula is C15H20N4O. The molecule has 0 saturated carbocycles. The van der Waals surface area contributed by atoms with Gasteiger partial charge < -0.3 is 10.6 Å². The third-order valence-corrected chi connectivity index (χ3v) is 3.51. The van der Waals surface area contributed by atoms with Crippen LogP contribution >= 0.6 is 0 Å². The lowest BCUT2D eigenvalue weighted by Gasteiger charge is -2.18. The molecule has 0 unspecified atom stereocenters. The van der Waals surface area contributed by atoms with E-state index in [0.717, 1.165) is 12.1 Å². The Morgan fingerprint density at radius 3 is 2.40 bits per heavy atom. The van der Waals surface area contributed by atoms with Gasteiger partial charge in [0.15, 0.2) is 0 Å². The van der Waals surface area contributed by atoms with Crippen LogP contribution in [-0.2, 0) is 13.5 Å². The zero-order valence-electron chi connectivity index (χ0n) is 12.3. The number of carbonyl (C=O) groups excluding carboxylic acids is 1. The number of hydrogen-bond acceptors (Lipinski definition) is 3. The molecule has 20 heavy (non-hydrogen) atoms. The Morgan fingerprint density at radius 1 is 1.35 bits per heavy atom. The number of rotatable bonds is 3. The van der Waals surface area contributed by atoms with E-state index in [0.29, 0.717) is 17.1 Å². The summed E-state index contributed by atoms with van der Waals surface area (Å²) >= 11 is 0. The molecule has 0 spiro atoms. The van der Waals surface area contributed by atoms with Gasteiger partial charge in [-0.05, 0) is 31.0 Å². The van der Waals surface area contributed by atoms with Crippen LogP contribution in [0.4, 0.5) is 11.4 Å². The van der Waals surface area contributed by atoms with Crippen molar-refractivity contribution in [2.75, 3.05) is 17.7 Å². The lowest BCUT2D eigenvalue weighted by atomic mass is 10.1. The number of anilines is 2. The number of nitrogen functional groups attached to an aromatic ring is 1. The second-order valence-electron chi connectivity index (χ2n) is 4.86. The largest absolute Gasteiger partial charge is 0.395 e. The van der Waals surface area contributed by atoms with Crippen LogP contribution in [0.5, 0.6) is 0 Å². The maximum Gasteiger partial charge on any atom is 0.278 e. The Morgan fingerprint density at radius 2 is 1.95 bits per heavy atom. The summed E-state index contributed by atoms with van der Waals surface area (Å²) in [5.41, 5.74) is 9.55. The van der Waals surface area contributed by atoms with E-state index in [9.17, 15) is 4.79 Å². The molecule has 5 nitrogen and oxygen atoms in total. The molecule has 2 rings (SSSR count). The highest BCUT2D eigenvalue weighted by molar-refractivity contribution is 6.08. The third kappa shape index (κ3) is 2.39. The molecule has 1 aromatic carbocycles. The average molecular weight is 272 g/mol. The summed E-state index contributed by atoms with van der Waals surface area (Å²) in [6.45, 7) is 3.89. The summed E-state index contributed by atoms with van der Waals surface area (Å²) in [5.74, 6) is -0.158. The van der Waals surface area contributed by atoms with Crippen molar-refractivity contribution in [2.24, 2.45) is 7.05 Å². The zero-order chi connectivity index (χ0) is 14.9. The van der Waals surface area contributed by atoms with E-state index in [1.54, 1.807) is 25.9 Å². The maximum absolute atomic E-state index is 12.5. The molecule has 0 fully saturated rings. The van der Waals surface area contributed by atoms with Gasteiger partial charge in [-0.15, -0.1) is 0 Å². The second-order valence-corrected chi connectivity index (χ2v) is 4.86. The van der Waals surface area contributed by atoms with Gasteiger partial charge >= 0.3 is 0 Å². The average Bonchev–Trinajstić information content (AvgIpc) is 2.71. The number of hydrogen-bond donors (Lipinski definition) is 1. The topological polar surface area (TPSA) is 64.2 Å². The zero-order valence-corrected chi connectivity index (χ0v) is 12.3. The smallest absolute Gasteiger partial charge is 0.278 e. The number of aromatic nitrogens is 2. The van der Waals surface area contributed by atoms with Crippen molar-refractivity contribution in [3.8, 4) is 0 Å². The van der Waals surface area contributed by atoms with Crippen molar-refractivity contribution in [3.63, 3.8) is 0 Å². The third-order valence-electron chi connectivity index (χ3n) is 3.51. The minimum absolute atomic E-state index is 0.158. The predicted molar refractivity (Wildman–Crippen MR) is 80.9 cm³/mol. The normalized spacial score (nSPS) is 10.6. The number of amides is 1. The second kappa shape index (κ2) is 5.36. The Kier molecular flexibility index (Phi) is 3.79. The van der Waals surface area contributed by atoms with Gasteiger partial charge in [0.1, 0.15) is 5.69 Å². The standard InChI is InChI=1S/C15H20N4O/c1-5-11-6-8-12(9-7-11)18(3)15(20)14-13(16)10(2)17-19(14)4/h6-9H,5,16H2,1-4H3. The molecule has 1 aromatic heterocycles. The Labute approximate surface area is 119 Å². The molecule has 0 aliphatic rings. The Balaban J connectivity index is 2.32. The van der Waals surface area contributed by atoms with E-state index in [1.807, 2.05) is 24.3 Å². The Bertz CT molecular complexity index is 628. The quantitative estimate of drug-likeness (QED) is 0.931. The van der Waals surface area contributed by atoms with E-state index in [-0.39, 0.29) is 5.91 Å². The molecular weight excluding hydrogens is 252 g/mol. The fourth-order valence-corrected chi connectivity index (χ4v) is 2.16. The van der Waals surface area contributed by atoms with Crippen molar-refractivity contribution in [2.45, 2.75) is 20.3 Å². The monoisotopic (exact) mass is 272 g/mol. The van der Waals surface area contributed by atoms with Crippen LogP contribution in [0.15, 0.2) is 24.3 Å². The molecule has 0 bridgehead atoms. The number of benzene rings is 1. The van der Waals surface area contributed by atoms with Crippen LogP contribution in [0.2, 0.25) is 0 Å². The highest BCUT2D eigenvalue weighted by Gasteiger charge is 2.22. The molecule has 0 saturated heterocycles. The van der Waals surface area contributed by atoms with Crippen LogP contribution in [0.3, 0.4) is 0 Å². The van der Waals surface area contributed by atoms with Gasteiger partial charge in [0.25, 0.3) is 5.91 Å². The van der Waals surface area contributed by atoms with Crippen molar-refractivity contribution in [3.05, 3.63) is 41.2 Å². The van der Waals surface area contributed by atoms with E-state index in [1.165, 1.54) is 10.2 Å². The van der Waals surface area contributed by atoms with Crippen molar-refractivity contribution in [1.29, 1.82) is 0 Å². The van der Waals surface area contributed by atoms with E-state index >= 15 is 0 Å².